The average Bonchev–Trinajstić information content (AvgIpc) is 2.67. The first-order valence-corrected chi connectivity index (χ1v) is 7.64. The van der Waals surface area contributed by atoms with Crippen LogP contribution in [0.4, 0.5) is 0 Å². The lowest BCUT2D eigenvalue weighted by molar-refractivity contribution is 0.177. The minimum atomic E-state index is 0.128. The van der Waals surface area contributed by atoms with Crippen LogP contribution < -0.4 is 5.32 Å². The van der Waals surface area contributed by atoms with E-state index in [-0.39, 0.29) is 11.5 Å². The number of ether oxygens (including phenoxy) is 1. The van der Waals surface area contributed by atoms with E-state index < -0.39 is 0 Å². The lowest BCUT2D eigenvalue weighted by Gasteiger charge is -2.32. The second-order valence-electron chi connectivity index (χ2n) is 5.85. The molecule has 0 saturated carbocycles. The molecule has 19 heavy (non-hydrogen) atoms. The van der Waals surface area contributed by atoms with Crippen molar-refractivity contribution in [1.29, 1.82) is 0 Å². The van der Waals surface area contributed by atoms with Crippen LogP contribution in [0.15, 0.2) is 10.7 Å². The molecule has 0 amide bonds. The zero-order valence-electron chi connectivity index (χ0n) is 12.7. The Morgan fingerprint density at radius 3 is 2.68 bits per heavy atom. The molecule has 0 aliphatic heterocycles. The molecular weight excluding hydrogens is 306 g/mol. The van der Waals surface area contributed by atoms with E-state index in [0.29, 0.717) is 6.61 Å². The van der Waals surface area contributed by atoms with Gasteiger partial charge in [0.25, 0.3) is 0 Å². The Hall–Kier alpha value is -0.390. The van der Waals surface area contributed by atoms with Crippen molar-refractivity contribution in [3.05, 3.63) is 16.4 Å². The molecule has 1 aromatic heterocycles. The highest BCUT2D eigenvalue weighted by molar-refractivity contribution is 9.10. The molecule has 5 heteroatoms. The maximum absolute atomic E-state index is 5.16. The summed E-state index contributed by atoms with van der Waals surface area (Å²) in [5.74, 6) is 0. The van der Waals surface area contributed by atoms with Gasteiger partial charge in [0.1, 0.15) is 0 Å². The molecule has 0 aromatic carbocycles. The maximum Gasteiger partial charge on any atom is 0.0702 e. The van der Waals surface area contributed by atoms with Crippen molar-refractivity contribution in [3.63, 3.8) is 0 Å². The number of hydrogen-bond donors (Lipinski definition) is 1. The third-order valence-electron chi connectivity index (χ3n) is 3.08. The summed E-state index contributed by atoms with van der Waals surface area (Å²) >= 11 is 3.63. The Kier molecular flexibility index (Phi) is 6.50. The monoisotopic (exact) mass is 331 g/mol. The Morgan fingerprint density at radius 1 is 1.47 bits per heavy atom. The molecule has 1 unspecified atom stereocenters. The summed E-state index contributed by atoms with van der Waals surface area (Å²) in [4.78, 5) is 0. The van der Waals surface area contributed by atoms with Gasteiger partial charge in [-0.25, -0.2) is 0 Å². The molecule has 1 aromatic rings. The van der Waals surface area contributed by atoms with E-state index >= 15 is 0 Å². The molecule has 0 aliphatic rings. The summed E-state index contributed by atoms with van der Waals surface area (Å²) in [6.45, 7) is 11.4. The quantitative estimate of drug-likeness (QED) is 0.832. The number of rotatable bonds is 7. The van der Waals surface area contributed by atoms with Crippen molar-refractivity contribution in [2.24, 2.45) is 5.41 Å². The third kappa shape index (κ3) is 4.58. The first-order valence-electron chi connectivity index (χ1n) is 6.85. The summed E-state index contributed by atoms with van der Waals surface area (Å²) in [6, 6.07) is 0.265. The van der Waals surface area contributed by atoms with E-state index in [4.69, 9.17) is 4.74 Å². The minimum Gasteiger partial charge on any atom is -0.383 e. The van der Waals surface area contributed by atoms with Gasteiger partial charge in [-0.15, -0.1) is 0 Å². The molecule has 0 bridgehead atoms. The Bertz CT molecular complexity index is 385. The highest BCUT2D eigenvalue weighted by Gasteiger charge is 2.30. The van der Waals surface area contributed by atoms with Crippen LogP contribution in [0.25, 0.3) is 0 Å². The van der Waals surface area contributed by atoms with Gasteiger partial charge in [0.2, 0.25) is 0 Å². The number of nitrogens with one attached hydrogen (secondary N) is 1. The predicted octanol–water partition coefficient (Wildman–Crippen LogP) is 3.38. The smallest absolute Gasteiger partial charge is 0.0702 e. The summed E-state index contributed by atoms with van der Waals surface area (Å²) in [6.07, 6.45) is 2.99. The average molecular weight is 332 g/mol. The Labute approximate surface area is 125 Å². The second-order valence-corrected chi connectivity index (χ2v) is 6.70. The summed E-state index contributed by atoms with van der Waals surface area (Å²) in [7, 11) is 1.72. The van der Waals surface area contributed by atoms with Crippen molar-refractivity contribution in [2.45, 2.75) is 46.7 Å². The Balaban J connectivity index is 3.03. The lowest BCUT2D eigenvalue weighted by atomic mass is 9.84. The number of halogens is 1. The molecule has 1 rings (SSSR count). The summed E-state index contributed by atoms with van der Waals surface area (Å²) < 4.78 is 8.26. The third-order valence-corrected chi connectivity index (χ3v) is 3.69. The van der Waals surface area contributed by atoms with Crippen molar-refractivity contribution < 1.29 is 4.74 Å². The van der Waals surface area contributed by atoms with E-state index in [9.17, 15) is 0 Å². The van der Waals surface area contributed by atoms with E-state index in [0.717, 1.165) is 24.0 Å². The minimum absolute atomic E-state index is 0.128. The largest absolute Gasteiger partial charge is 0.383 e. The normalized spacial score (nSPS) is 13.8. The zero-order chi connectivity index (χ0) is 14.5. The summed E-state index contributed by atoms with van der Waals surface area (Å²) in [5, 5.41) is 8.08. The second kappa shape index (κ2) is 7.41. The van der Waals surface area contributed by atoms with Crippen LogP contribution >= 0.6 is 15.9 Å². The molecule has 1 heterocycles. The van der Waals surface area contributed by atoms with Crippen molar-refractivity contribution >= 4 is 15.9 Å². The maximum atomic E-state index is 5.16. The van der Waals surface area contributed by atoms with Crippen LogP contribution in [0, 0.1) is 5.41 Å². The van der Waals surface area contributed by atoms with Gasteiger partial charge in [-0.1, -0.05) is 27.7 Å². The van der Waals surface area contributed by atoms with Crippen LogP contribution in [-0.2, 0) is 11.3 Å². The Morgan fingerprint density at radius 2 is 2.16 bits per heavy atom. The molecule has 4 nitrogen and oxygen atoms in total. The number of nitrogens with zero attached hydrogens (tertiary/aromatic N) is 2. The molecule has 0 radical (unpaired) electrons. The fourth-order valence-electron chi connectivity index (χ4n) is 2.12. The van der Waals surface area contributed by atoms with Gasteiger partial charge in [0.05, 0.1) is 35.6 Å². The predicted molar refractivity (Wildman–Crippen MR) is 82.3 cm³/mol. The van der Waals surface area contributed by atoms with E-state index in [1.165, 1.54) is 5.69 Å². The van der Waals surface area contributed by atoms with Crippen molar-refractivity contribution in [1.82, 2.24) is 15.1 Å². The van der Waals surface area contributed by atoms with Gasteiger partial charge < -0.3 is 10.1 Å². The van der Waals surface area contributed by atoms with Gasteiger partial charge in [-0.2, -0.15) is 5.10 Å². The van der Waals surface area contributed by atoms with Crippen LogP contribution in [0.1, 0.15) is 45.9 Å². The number of aromatic nitrogens is 2. The van der Waals surface area contributed by atoms with Crippen LogP contribution in [0.5, 0.6) is 0 Å². The molecule has 0 saturated heterocycles. The SMILES string of the molecule is CCCNC(c1c(Br)cnn1CCOC)C(C)(C)C. The topological polar surface area (TPSA) is 39.1 Å². The lowest BCUT2D eigenvalue weighted by Crippen LogP contribution is -2.35. The first kappa shape index (κ1) is 16.7. The van der Waals surface area contributed by atoms with Crippen molar-refractivity contribution in [3.8, 4) is 0 Å². The fourth-order valence-corrected chi connectivity index (χ4v) is 2.64. The van der Waals surface area contributed by atoms with Crippen molar-refractivity contribution in [2.75, 3.05) is 20.3 Å². The molecular formula is C14H26BrN3O. The molecule has 1 N–H and O–H groups in total. The van der Waals surface area contributed by atoms with Crippen LogP contribution in [-0.4, -0.2) is 30.0 Å². The zero-order valence-corrected chi connectivity index (χ0v) is 14.2. The van der Waals surface area contributed by atoms with Gasteiger partial charge in [-0.05, 0) is 34.3 Å². The van der Waals surface area contributed by atoms with Gasteiger partial charge >= 0.3 is 0 Å². The standard InChI is InChI=1S/C14H26BrN3O/c1-6-7-16-13(14(2,3)4)12-11(15)10-17-18(12)8-9-19-5/h10,13,16H,6-9H2,1-5H3. The molecule has 110 valence electrons. The first-order chi connectivity index (χ1) is 8.91. The molecule has 1 atom stereocenters. The van der Waals surface area contributed by atoms with Gasteiger partial charge in [0, 0.05) is 7.11 Å². The number of methoxy groups -OCH3 is 1. The summed E-state index contributed by atoms with van der Waals surface area (Å²) in [5.41, 5.74) is 1.33. The number of hydrogen-bond acceptors (Lipinski definition) is 3. The molecule has 0 fully saturated rings. The fraction of sp³-hybridized carbons (Fsp3) is 0.786. The highest BCUT2D eigenvalue weighted by atomic mass is 79.9. The van der Waals surface area contributed by atoms with Gasteiger partial charge in [0.15, 0.2) is 0 Å². The van der Waals surface area contributed by atoms with E-state index in [1.54, 1.807) is 7.11 Å². The van der Waals surface area contributed by atoms with Gasteiger partial charge in [-0.3, -0.25) is 4.68 Å². The highest BCUT2D eigenvalue weighted by Crippen LogP contribution is 2.36. The molecule has 0 spiro atoms. The van der Waals surface area contributed by atoms with Crippen LogP contribution in [0.2, 0.25) is 0 Å². The molecule has 0 aliphatic carbocycles. The van der Waals surface area contributed by atoms with E-state index in [1.807, 2.05) is 10.9 Å². The van der Waals surface area contributed by atoms with E-state index in [2.05, 4.69) is 54.0 Å². The van der Waals surface area contributed by atoms with Crippen LogP contribution in [0.3, 0.4) is 0 Å².